The number of benzene rings is 2. The second-order valence-electron chi connectivity index (χ2n) is 4.86. The van der Waals surface area contributed by atoms with E-state index in [2.05, 4.69) is 0 Å². The van der Waals surface area contributed by atoms with Crippen LogP contribution in [0.3, 0.4) is 0 Å². The maximum atomic E-state index is 13.3. The summed E-state index contributed by atoms with van der Waals surface area (Å²) in [5, 5.41) is 0.0370. The average Bonchev–Trinajstić information content (AvgIpc) is 2.89. The van der Waals surface area contributed by atoms with Crippen molar-refractivity contribution in [3.8, 4) is 0 Å². The molecule has 0 amide bonds. The summed E-state index contributed by atoms with van der Waals surface area (Å²) in [6, 6.07) is 10.2. The zero-order valence-electron chi connectivity index (χ0n) is 11.6. The van der Waals surface area contributed by atoms with Crippen LogP contribution in [0.15, 0.2) is 53.6 Å². The highest BCUT2D eigenvalue weighted by molar-refractivity contribution is 7.90. The molecule has 120 valence electrons. The second kappa shape index (κ2) is 5.50. The Morgan fingerprint density at radius 2 is 1.78 bits per heavy atom. The highest BCUT2D eigenvalue weighted by Gasteiger charge is 2.26. The molecule has 4 nitrogen and oxygen atoms in total. The minimum absolute atomic E-state index is 0.0110. The molecular weight excluding hydrogens is 346 g/mol. The van der Waals surface area contributed by atoms with Gasteiger partial charge >= 0.3 is 0 Å². The molecule has 0 saturated carbocycles. The van der Waals surface area contributed by atoms with Crippen molar-refractivity contribution in [3.63, 3.8) is 0 Å². The van der Waals surface area contributed by atoms with Gasteiger partial charge in [-0.25, -0.2) is 21.2 Å². The first-order valence-electron chi connectivity index (χ1n) is 6.51. The fourth-order valence-electron chi connectivity index (χ4n) is 2.44. The molecule has 0 aliphatic rings. The number of anilines is 1. The SMILES string of the molecule is Nc1cccc2c1c(C(F)F)cn2S(=O)(=O)c1ccccc1Cl. The summed E-state index contributed by atoms with van der Waals surface area (Å²) in [5.74, 6) is 0. The minimum atomic E-state index is -4.13. The molecule has 23 heavy (non-hydrogen) atoms. The Bertz CT molecular complexity index is 1000. The fourth-order valence-corrected chi connectivity index (χ4v) is 4.31. The highest BCUT2D eigenvalue weighted by atomic mass is 35.5. The van der Waals surface area contributed by atoms with Crippen LogP contribution in [0, 0.1) is 0 Å². The molecule has 0 aliphatic carbocycles. The van der Waals surface area contributed by atoms with Crippen LogP contribution in [-0.4, -0.2) is 12.4 Å². The van der Waals surface area contributed by atoms with E-state index >= 15 is 0 Å². The smallest absolute Gasteiger partial charge is 0.269 e. The average molecular weight is 357 g/mol. The van der Waals surface area contributed by atoms with Crippen LogP contribution in [0.2, 0.25) is 5.02 Å². The second-order valence-corrected chi connectivity index (χ2v) is 7.05. The van der Waals surface area contributed by atoms with Crippen LogP contribution in [0.5, 0.6) is 0 Å². The molecule has 0 atom stereocenters. The molecule has 0 unspecified atom stereocenters. The van der Waals surface area contributed by atoms with Gasteiger partial charge in [0.05, 0.1) is 10.5 Å². The van der Waals surface area contributed by atoms with E-state index in [0.29, 0.717) is 0 Å². The highest BCUT2D eigenvalue weighted by Crippen LogP contribution is 2.36. The van der Waals surface area contributed by atoms with Crippen LogP contribution < -0.4 is 5.73 Å². The summed E-state index contributed by atoms with van der Waals surface area (Å²) in [5.41, 5.74) is 5.49. The van der Waals surface area contributed by atoms with Gasteiger partial charge < -0.3 is 5.73 Å². The van der Waals surface area contributed by atoms with Crippen LogP contribution in [0.4, 0.5) is 14.5 Å². The molecule has 0 fully saturated rings. The Balaban J connectivity index is 2.38. The number of hydrogen-bond acceptors (Lipinski definition) is 3. The summed E-state index contributed by atoms with van der Waals surface area (Å²) in [6.45, 7) is 0. The quantitative estimate of drug-likeness (QED) is 0.720. The van der Waals surface area contributed by atoms with E-state index in [4.69, 9.17) is 17.3 Å². The van der Waals surface area contributed by atoms with E-state index in [1.54, 1.807) is 6.07 Å². The molecule has 8 heteroatoms. The van der Waals surface area contributed by atoms with Gasteiger partial charge in [-0.05, 0) is 24.3 Å². The van der Waals surface area contributed by atoms with Crippen molar-refractivity contribution in [2.24, 2.45) is 0 Å². The summed E-state index contributed by atoms with van der Waals surface area (Å²) >= 11 is 5.95. The molecule has 3 rings (SSSR count). The van der Waals surface area contributed by atoms with Gasteiger partial charge in [0.25, 0.3) is 16.4 Å². The molecule has 0 aliphatic heterocycles. The first-order chi connectivity index (χ1) is 10.8. The van der Waals surface area contributed by atoms with Gasteiger partial charge in [0.15, 0.2) is 0 Å². The molecule has 2 N–H and O–H groups in total. The standard InChI is InChI=1S/C15H11ClF2N2O2S/c16-10-4-1-2-7-13(10)23(21,22)20-8-9(15(17)18)14-11(19)5-3-6-12(14)20/h1-8,15H,19H2. The molecule has 2 aromatic carbocycles. The van der Waals surface area contributed by atoms with E-state index < -0.39 is 22.0 Å². The Hall–Kier alpha value is -2.12. The normalized spacial score (nSPS) is 12.2. The van der Waals surface area contributed by atoms with Gasteiger partial charge in [-0.3, -0.25) is 0 Å². The number of nitrogen functional groups attached to an aromatic ring is 1. The third-order valence-corrected chi connectivity index (χ3v) is 5.64. The summed E-state index contributed by atoms with van der Waals surface area (Å²) in [4.78, 5) is -0.165. The monoisotopic (exact) mass is 356 g/mol. The van der Waals surface area contributed by atoms with Crippen molar-refractivity contribution in [1.82, 2.24) is 3.97 Å². The van der Waals surface area contributed by atoms with Crippen molar-refractivity contribution in [2.75, 3.05) is 5.73 Å². The molecular formula is C15H11ClF2N2O2S. The summed E-state index contributed by atoms with van der Waals surface area (Å²) < 4.78 is 53.0. The third kappa shape index (κ3) is 2.46. The Kier molecular flexibility index (Phi) is 3.77. The zero-order chi connectivity index (χ0) is 16.8. The van der Waals surface area contributed by atoms with Crippen molar-refractivity contribution in [2.45, 2.75) is 11.3 Å². The van der Waals surface area contributed by atoms with E-state index in [-0.39, 0.29) is 26.5 Å². The predicted octanol–water partition coefficient (Wildman–Crippen LogP) is 4.05. The molecule has 0 spiro atoms. The van der Waals surface area contributed by atoms with Crippen molar-refractivity contribution < 1.29 is 17.2 Å². The lowest BCUT2D eigenvalue weighted by Gasteiger charge is -2.09. The number of nitrogens with two attached hydrogens (primary N) is 1. The minimum Gasteiger partial charge on any atom is -0.398 e. The molecule has 1 aromatic heterocycles. The van der Waals surface area contributed by atoms with Gasteiger partial charge in [-0.2, -0.15) is 0 Å². The third-order valence-electron chi connectivity index (χ3n) is 3.47. The Morgan fingerprint density at radius 1 is 1.09 bits per heavy atom. The maximum Gasteiger partial charge on any atom is 0.269 e. The molecule has 1 heterocycles. The Morgan fingerprint density at radius 3 is 2.43 bits per heavy atom. The van der Waals surface area contributed by atoms with Crippen LogP contribution in [0.1, 0.15) is 12.0 Å². The van der Waals surface area contributed by atoms with Crippen LogP contribution >= 0.6 is 11.6 Å². The topological polar surface area (TPSA) is 65.1 Å². The first-order valence-corrected chi connectivity index (χ1v) is 8.33. The van der Waals surface area contributed by atoms with E-state index in [9.17, 15) is 17.2 Å². The van der Waals surface area contributed by atoms with Crippen LogP contribution in [-0.2, 0) is 10.0 Å². The van der Waals surface area contributed by atoms with Gasteiger partial charge in [0.1, 0.15) is 4.90 Å². The van der Waals surface area contributed by atoms with E-state index in [0.717, 1.165) is 10.2 Å². The van der Waals surface area contributed by atoms with E-state index in [1.807, 2.05) is 0 Å². The largest absolute Gasteiger partial charge is 0.398 e. The number of nitrogens with zero attached hydrogens (tertiary/aromatic N) is 1. The molecule has 0 radical (unpaired) electrons. The van der Waals surface area contributed by atoms with Gasteiger partial charge in [0, 0.05) is 22.8 Å². The van der Waals surface area contributed by atoms with Gasteiger partial charge in [0.2, 0.25) is 0 Å². The summed E-state index contributed by atoms with van der Waals surface area (Å²) in [7, 11) is -4.13. The van der Waals surface area contributed by atoms with E-state index in [1.165, 1.54) is 36.4 Å². The number of hydrogen-bond donors (Lipinski definition) is 1. The number of alkyl halides is 2. The first kappa shape index (κ1) is 15.8. The van der Waals surface area contributed by atoms with Crippen molar-refractivity contribution in [1.29, 1.82) is 0 Å². The predicted molar refractivity (Wildman–Crippen MR) is 85.3 cm³/mol. The number of aromatic nitrogens is 1. The molecule has 0 bridgehead atoms. The summed E-state index contributed by atoms with van der Waals surface area (Å²) in [6.07, 6.45) is -1.96. The Labute approximate surface area is 136 Å². The number of fused-ring (bicyclic) bond motifs is 1. The van der Waals surface area contributed by atoms with Crippen LogP contribution in [0.25, 0.3) is 10.9 Å². The fraction of sp³-hybridized carbons (Fsp3) is 0.0667. The van der Waals surface area contributed by atoms with Gasteiger partial charge in [-0.15, -0.1) is 0 Å². The number of rotatable bonds is 3. The maximum absolute atomic E-state index is 13.3. The van der Waals surface area contributed by atoms with Crippen molar-refractivity contribution in [3.05, 3.63) is 59.2 Å². The lowest BCUT2D eigenvalue weighted by molar-refractivity contribution is 0.153. The van der Waals surface area contributed by atoms with Crippen molar-refractivity contribution >= 4 is 38.2 Å². The van der Waals surface area contributed by atoms with Gasteiger partial charge in [-0.1, -0.05) is 29.8 Å². The lowest BCUT2D eigenvalue weighted by Crippen LogP contribution is -2.12. The lowest BCUT2D eigenvalue weighted by atomic mass is 10.1. The molecule has 3 aromatic rings. The number of halogens is 3. The molecule has 0 saturated heterocycles. The zero-order valence-corrected chi connectivity index (χ0v) is 13.2.